The van der Waals surface area contributed by atoms with E-state index in [1.54, 1.807) is 30.2 Å². The molecule has 0 saturated heterocycles. The molecule has 0 aliphatic rings. The number of hydrogen-bond acceptors (Lipinski definition) is 5. The monoisotopic (exact) mass is 371 g/mol. The van der Waals surface area contributed by atoms with Crippen molar-refractivity contribution in [1.82, 2.24) is 4.90 Å². The Balaban J connectivity index is 2.13. The van der Waals surface area contributed by atoms with Gasteiger partial charge < -0.3 is 19.1 Å². The number of amides is 1. The standard InChI is InChI=1S/C21H25NO5/c1-25-17-10-8-16(9-11-17)12-14-22(15-13-20(23)27-3)21(24)18-6-4-5-7-19(18)26-2/h4-11H,12-15H2,1-3H3. The van der Waals surface area contributed by atoms with Crippen molar-refractivity contribution in [3.63, 3.8) is 0 Å². The van der Waals surface area contributed by atoms with Crippen LogP contribution < -0.4 is 9.47 Å². The molecule has 0 aromatic heterocycles. The maximum absolute atomic E-state index is 13.0. The van der Waals surface area contributed by atoms with E-state index in [9.17, 15) is 9.59 Å². The molecule has 0 heterocycles. The lowest BCUT2D eigenvalue weighted by Crippen LogP contribution is -2.35. The van der Waals surface area contributed by atoms with Gasteiger partial charge in [0.2, 0.25) is 0 Å². The first-order valence-corrected chi connectivity index (χ1v) is 8.71. The molecule has 0 spiro atoms. The molecular weight excluding hydrogens is 346 g/mol. The van der Waals surface area contributed by atoms with Gasteiger partial charge in [-0.15, -0.1) is 0 Å². The van der Waals surface area contributed by atoms with E-state index < -0.39 is 0 Å². The Hall–Kier alpha value is -3.02. The summed E-state index contributed by atoms with van der Waals surface area (Å²) >= 11 is 0. The lowest BCUT2D eigenvalue weighted by molar-refractivity contribution is -0.140. The summed E-state index contributed by atoms with van der Waals surface area (Å²) in [5.41, 5.74) is 1.55. The third kappa shape index (κ3) is 5.74. The molecule has 144 valence electrons. The zero-order valence-corrected chi connectivity index (χ0v) is 15.9. The number of carbonyl (C=O) groups is 2. The van der Waals surface area contributed by atoms with Crippen LogP contribution in [0.1, 0.15) is 22.3 Å². The molecule has 0 unspecified atom stereocenters. The van der Waals surface area contributed by atoms with Crippen molar-refractivity contribution < 1.29 is 23.8 Å². The van der Waals surface area contributed by atoms with Gasteiger partial charge in [-0.05, 0) is 36.2 Å². The van der Waals surface area contributed by atoms with Crippen LogP contribution in [0.3, 0.4) is 0 Å². The molecule has 27 heavy (non-hydrogen) atoms. The van der Waals surface area contributed by atoms with Crippen molar-refractivity contribution in [2.24, 2.45) is 0 Å². The van der Waals surface area contributed by atoms with Crippen molar-refractivity contribution in [1.29, 1.82) is 0 Å². The summed E-state index contributed by atoms with van der Waals surface area (Å²) in [7, 11) is 4.49. The molecule has 2 aromatic carbocycles. The van der Waals surface area contributed by atoms with E-state index in [0.717, 1.165) is 11.3 Å². The first-order chi connectivity index (χ1) is 13.1. The lowest BCUT2D eigenvalue weighted by Gasteiger charge is -2.23. The highest BCUT2D eigenvalue weighted by Crippen LogP contribution is 2.20. The van der Waals surface area contributed by atoms with Crippen molar-refractivity contribution in [3.8, 4) is 11.5 Å². The molecule has 6 nitrogen and oxygen atoms in total. The van der Waals surface area contributed by atoms with Crippen LogP contribution in [0, 0.1) is 0 Å². The van der Waals surface area contributed by atoms with Crippen LogP contribution in [0.5, 0.6) is 11.5 Å². The molecule has 1 amide bonds. The van der Waals surface area contributed by atoms with Crippen LogP contribution in [-0.2, 0) is 16.0 Å². The highest BCUT2D eigenvalue weighted by atomic mass is 16.5. The van der Waals surface area contributed by atoms with Crippen LogP contribution in [-0.4, -0.2) is 51.2 Å². The van der Waals surface area contributed by atoms with Crippen LogP contribution in [0.2, 0.25) is 0 Å². The van der Waals surface area contributed by atoms with Gasteiger partial charge in [0.25, 0.3) is 5.91 Å². The Labute approximate surface area is 159 Å². The van der Waals surface area contributed by atoms with E-state index in [1.807, 2.05) is 30.3 Å². The topological polar surface area (TPSA) is 65.1 Å². The van der Waals surface area contributed by atoms with Crippen LogP contribution in [0.15, 0.2) is 48.5 Å². The van der Waals surface area contributed by atoms with Gasteiger partial charge in [0, 0.05) is 13.1 Å². The summed E-state index contributed by atoms with van der Waals surface area (Å²) < 4.78 is 15.2. The normalized spacial score (nSPS) is 10.2. The molecule has 0 aliphatic heterocycles. The predicted octanol–water partition coefficient (Wildman–Crippen LogP) is 2.95. The maximum atomic E-state index is 13.0. The number of nitrogens with zero attached hydrogens (tertiary/aromatic N) is 1. The molecule has 0 N–H and O–H groups in total. The van der Waals surface area contributed by atoms with Gasteiger partial charge in [0.1, 0.15) is 11.5 Å². The molecule has 0 bridgehead atoms. The van der Waals surface area contributed by atoms with E-state index >= 15 is 0 Å². The minimum atomic E-state index is -0.350. The predicted molar refractivity (Wildman–Crippen MR) is 102 cm³/mol. The van der Waals surface area contributed by atoms with Gasteiger partial charge in [-0.2, -0.15) is 0 Å². The lowest BCUT2D eigenvalue weighted by atomic mass is 10.1. The van der Waals surface area contributed by atoms with Gasteiger partial charge in [0.05, 0.1) is 33.3 Å². The number of esters is 1. The van der Waals surface area contributed by atoms with E-state index in [-0.39, 0.29) is 24.8 Å². The Kier molecular flexibility index (Phi) is 7.67. The zero-order chi connectivity index (χ0) is 19.6. The number of rotatable bonds is 9. The number of ether oxygens (including phenoxy) is 3. The van der Waals surface area contributed by atoms with Crippen LogP contribution in [0.4, 0.5) is 0 Å². The molecule has 0 atom stereocenters. The second-order valence-corrected chi connectivity index (χ2v) is 5.92. The Bertz CT molecular complexity index is 757. The second-order valence-electron chi connectivity index (χ2n) is 5.92. The molecule has 6 heteroatoms. The number of para-hydroxylation sites is 1. The molecule has 0 fully saturated rings. The molecule has 2 rings (SSSR count). The zero-order valence-electron chi connectivity index (χ0n) is 15.9. The van der Waals surface area contributed by atoms with Crippen molar-refractivity contribution >= 4 is 11.9 Å². The SMILES string of the molecule is COC(=O)CCN(CCc1ccc(OC)cc1)C(=O)c1ccccc1OC. The van der Waals surface area contributed by atoms with Crippen molar-refractivity contribution in [2.75, 3.05) is 34.4 Å². The summed E-state index contributed by atoms with van der Waals surface area (Å²) in [5.74, 6) is 0.767. The molecule has 2 aromatic rings. The van der Waals surface area contributed by atoms with E-state index in [0.29, 0.717) is 24.3 Å². The molecule has 0 saturated carbocycles. The van der Waals surface area contributed by atoms with Gasteiger partial charge in [-0.1, -0.05) is 24.3 Å². The summed E-state index contributed by atoms with van der Waals surface area (Å²) in [5, 5.41) is 0. The van der Waals surface area contributed by atoms with Gasteiger partial charge in [-0.3, -0.25) is 9.59 Å². The average molecular weight is 371 g/mol. The maximum Gasteiger partial charge on any atom is 0.307 e. The van der Waals surface area contributed by atoms with Crippen molar-refractivity contribution in [3.05, 3.63) is 59.7 Å². The highest BCUT2D eigenvalue weighted by molar-refractivity contribution is 5.97. The van der Waals surface area contributed by atoms with Gasteiger partial charge in [-0.25, -0.2) is 0 Å². The smallest absolute Gasteiger partial charge is 0.307 e. The quantitative estimate of drug-likeness (QED) is 0.634. The first-order valence-electron chi connectivity index (χ1n) is 8.71. The Morgan fingerprint density at radius 1 is 0.889 bits per heavy atom. The first kappa shape index (κ1) is 20.3. The number of carbonyl (C=O) groups excluding carboxylic acids is 2. The Morgan fingerprint density at radius 3 is 2.22 bits per heavy atom. The summed E-state index contributed by atoms with van der Waals surface area (Å²) in [6.45, 7) is 0.750. The number of benzene rings is 2. The fourth-order valence-electron chi connectivity index (χ4n) is 2.69. The minimum Gasteiger partial charge on any atom is -0.497 e. The number of methoxy groups -OCH3 is 3. The Morgan fingerprint density at radius 2 is 1.59 bits per heavy atom. The summed E-state index contributed by atoms with van der Waals surface area (Å²) in [6.07, 6.45) is 0.798. The fourth-order valence-corrected chi connectivity index (χ4v) is 2.69. The minimum absolute atomic E-state index is 0.139. The van der Waals surface area contributed by atoms with Crippen molar-refractivity contribution in [2.45, 2.75) is 12.8 Å². The summed E-state index contributed by atoms with van der Waals surface area (Å²) in [6, 6.07) is 14.8. The van der Waals surface area contributed by atoms with E-state index in [4.69, 9.17) is 14.2 Å². The second kappa shape index (κ2) is 10.2. The average Bonchev–Trinajstić information content (AvgIpc) is 2.73. The highest BCUT2D eigenvalue weighted by Gasteiger charge is 2.20. The molecular formula is C21H25NO5. The van der Waals surface area contributed by atoms with Crippen LogP contribution in [0.25, 0.3) is 0 Å². The number of hydrogen-bond donors (Lipinski definition) is 0. The fraction of sp³-hybridized carbons (Fsp3) is 0.333. The molecule has 0 radical (unpaired) electrons. The third-order valence-corrected chi connectivity index (χ3v) is 4.27. The van der Waals surface area contributed by atoms with Crippen LogP contribution >= 0.6 is 0 Å². The van der Waals surface area contributed by atoms with Gasteiger partial charge >= 0.3 is 5.97 Å². The van der Waals surface area contributed by atoms with Gasteiger partial charge in [0.15, 0.2) is 0 Å². The third-order valence-electron chi connectivity index (χ3n) is 4.27. The molecule has 0 aliphatic carbocycles. The largest absolute Gasteiger partial charge is 0.497 e. The summed E-state index contributed by atoms with van der Waals surface area (Å²) in [4.78, 5) is 26.2. The van der Waals surface area contributed by atoms with E-state index in [1.165, 1.54) is 14.2 Å². The van der Waals surface area contributed by atoms with E-state index in [2.05, 4.69) is 0 Å².